The molecular formula is C25H31FN2O4. The number of nitrogens with zero attached hydrogens (tertiary/aromatic N) is 2. The summed E-state index contributed by atoms with van der Waals surface area (Å²) in [6.45, 7) is 3.27. The van der Waals surface area contributed by atoms with Crippen molar-refractivity contribution in [2.75, 3.05) is 40.4 Å². The molecule has 0 spiro atoms. The van der Waals surface area contributed by atoms with Crippen LogP contribution in [-0.4, -0.2) is 68.3 Å². The molecule has 32 heavy (non-hydrogen) atoms. The molecule has 0 unspecified atom stereocenters. The summed E-state index contributed by atoms with van der Waals surface area (Å²) < 4.78 is 30.5. The third-order valence-corrected chi connectivity index (χ3v) is 6.52. The number of likely N-dealkylation sites (tertiary alicyclic amines) is 2. The van der Waals surface area contributed by atoms with Gasteiger partial charge in [0.15, 0.2) is 11.6 Å². The monoisotopic (exact) mass is 442 g/mol. The summed E-state index contributed by atoms with van der Waals surface area (Å²) in [4.78, 5) is 17.6. The first-order valence-corrected chi connectivity index (χ1v) is 11.3. The minimum Gasteiger partial charge on any atom is -0.496 e. The molecule has 2 saturated heterocycles. The molecule has 0 aromatic heterocycles. The Kier molecular flexibility index (Phi) is 7.15. The number of para-hydroxylation sites is 1. The SMILES string of the molecule is COc1cccc(OC)c1C(=O)N1CCC(N2CCC(Oc3ccccc3F)CC2)CC1. The predicted octanol–water partition coefficient (Wildman–Crippen LogP) is 3.99. The van der Waals surface area contributed by atoms with Crippen molar-refractivity contribution in [2.24, 2.45) is 0 Å². The van der Waals surface area contributed by atoms with Crippen LogP contribution < -0.4 is 14.2 Å². The summed E-state index contributed by atoms with van der Waals surface area (Å²) in [6, 6.07) is 12.4. The van der Waals surface area contributed by atoms with Gasteiger partial charge in [0.1, 0.15) is 23.2 Å². The second-order valence-electron chi connectivity index (χ2n) is 8.34. The van der Waals surface area contributed by atoms with Crippen molar-refractivity contribution in [3.05, 3.63) is 53.8 Å². The van der Waals surface area contributed by atoms with E-state index in [-0.39, 0.29) is 17.8 Å². The van der Waals surface area contributed by atoms with Gasteiger partial charge in [0.25, 0.3) is 5.91 Å². The van der Waals surface area contributed by atoms with E-state index in [2.05, 4.69) is 4.90 Å². The van der Waals surface area contributed by atoms with Gasteiger partial charge in [0, 0.05) is 32.2 Å². The summed E-state index contributed by atoms with van der Waals surface area (Å²) in [5, 5.41) is 0. The number of piperidine rings is 2. The molecule has 2 aliphatic rings. The zero-order valence-corrected chi connectivity index (χ0v) is 18.8. The van der Waals surface area contributed by atoms with Crippen molar-refractivity contribution < 1.29 is 23.4 Å². The van der Waals surface area contributed by atoms with Gasteiger partial charge in [-0.25, -0.2) is 4.39 Å². The lowest BCUT2D eigenvalue weighted by molar-refractivity contribution is 0.0414. The third-order valence-electron chi connectivity index (χ3n) is 6.52. The standard InChI is InChI=1S/C25H31FN2O4/c1-30-22-8-5-9-23(31-2)24(22)25(29)28-14-10-18(11-15-28)27-16-12-19(13-17-27)32-21-7-4-3-6-20(21)26/h3-9,18-19H,10-17H2,1-2H3. The Morgan fingerprint density at radius 3 is 2.03 bits per heavy atom. The highest BCUT2D eigenvalue weighted by atomic mass is 19.1. The summed E-state index contributed by atoms with van der Waals surface area (Å²) >= 11 is 0. The zero-order valence-electron chi connectivity index (χ0n) is 18.8. The van der Waals surface area contributed by atoms with E-state index < -0.39 is 0 Å². The van der Waals surface area contributed by atoms with E-state index in [9.17, 15) is 9.18 Å². The summed E-state index contributed by atoms with van der Waals surface area (Å²) in [5.74, 6) is 1.06. The van der Waals surface area contributed by atoms with Crippen LogP contribution in [0.5, 0.6) is 17.2 Å². The lowest BCUT2D eigenvalue weighted by Gasteiger charge is -2.41. The number of carbonyl (C=O) groups is 1. The van der Waals surface area contributed by atoms with E-state index in [0.717, 1.165) is 38.8 Å². The lowest BCUT2D eigenvalue weighted by Crippen LogP contribution is -2.50. The fourth-order valence-corrected chi connectivity index (χ4v) is 4.73. The normalized spacial score (nSPS) is 18.4. The van der Waals surface area contributed by atoms with Crippen molar-refractivity contribution in [3.8, 4) is 17.2 Å². The average molecular weight is 443 g/mol. The highest BCUT2D eigenvalue weighted by Crippen LogP contribution is 2.31. The summed E-state index contributed by atoms with van der Waals surface area (Å²) in [5.41, 5.74) is 0.488. The molecule has 0 atom stereocenters. The maximum Gasteiger partial charge on any atom is 0.261 e. The summed E-state index contributed by atoms with van der Waals surface area (Å²) in [6.07, 6.45) is 3.67. The molecule has 4 rings (SSSR count). The zero-order chi connectivity index (χ0) is 22.5. The fourth-order valence-electron chi connectivity index (χ4n) is 4.73. The Bertz CT molecular complexity index is 900. The molecule has 0 radical (unpaired) electrons. The van der Waals surface area contributed by atoms with Crippen molar-refractivity contribution in [1.82, 2.24) is 9.80 Å². The van der Waals surface area contributed by atoms with Crippen LogP contribution in [0.4, 0.5) is 4.39 Å². The van der Waals surface area contributed by atoms with Gasteiger partial charge in [-0.3, -0.25) is 9.69 Å². The molecule has 2 heterocycles. The van der Waals surface area contributed by atoms with Gasteiger partial charge in [-0.2, -0.15) is 0 Å². The Morgan fingerprint density at radius 1 is 0.844 bits per heavy atom. The van der Waals surface area contributed by atoms with Crippen LogP contribution in [0.2, 0.25) is 0 Å². The minimum absolute atomic E-state index is 0.0443. The molecule has 2 aromatic rings. The number of rotatable bonds is 6. The Hall–Kier alpha value is -2.80. The Morgan fingerprint density at radius 2 is 1.44 bits per heavy atom. The molecule has 0 bridgehead atoms. The van der Waals surface area contributed by atoms with Crippen LogP contribution in [0.15, 0.2) is 42.5 Å². The maximum absolute atomic E-state index is 13.8. The molecule has 1 amide bonds. The van der Waals surface area contributed by atoms with Crippen LogP contribution in [0.3, 0.4) is 0 Å². The molecule has 2 fully saturated rings. The molecule has 7 heteroatoms. The number of benzene rings is 2. The van der Waals surface area contributed by atoms with E-state index >= 15 is 0 Å². The maximum atomic E-state index is 13.8. The predicted molar refractivity (Wildman–Crippen MR) is 120 cm³/mol. The topological polar surface area (TPSA) is 51.2 Å². The van der Waals surface area contributed by atoms with Gasteiger partial charge in [-0.1, -0.05) is 18.2 Å². The first-order valence-electron chi connectivity index (χ1n) is 11.3. The van der Waals surface area contributed by atoms with Crippen LogP contribution >= 0.6 is 0 Å². The third kappa shape index (κ3) is 4.83. The van der Waals surface area contributed by atoms with E-state index in [1.165, 1.54) is 6.07 Å². The number of hydrogen-bond donors (Lipinski definition) is 0. The highest BCUT2D eigenvalue weighted by molar-refractivity contribution is 5.99. The van der Waals surface area contributed by atoms with Crippen LogP contribution in [0.1, 0.15) is 36.0 Å². The lowest BCUT2D eigenvalue weighted by atomic mass is 9.98. The minimum atomic E-state index is -0.307. The molecule has 6 nitrogen and oxygen atoms in total. The molecular weight excluding hydrogens is 411 g/mol. The van der Waals surface area contributed by atoms with Crippen molar-refractivity contribution in [2.45, 2.75) is 37.8 Å². The molecule has 0 aliphatic carbocycles. The number of hydrogen-bond acceptors (Lipinski definition) is 5. The first-order chi connectivity index (χ1) is 15.6. The van der Waals surface area contributed by atoms with Crippen LogP contribution in [-0.2, 0) is 0 Å². The molecule has 2 aromatic carbocycles. The van der Waals surface area contributed by atoms with Crippen molar-refractivity contribution >= 4 is 5.91 Å². The highest BCUT2D eigenvalue weighted by Gasteiger charge is 2.32. The van der Waals surface area contributed by atoms with E-state index in [0.29, 0.717) is 41.9 Å². The smallest absolute Gasteiger partial charge is 0.261 e. The largest absolute Gasteiger partial charge is 0.496 e. The average Bonchev–Trinajstić information content (AvgIpc) is 2.85. The van der Waals surface area contributed by atoms with E-state index in [1.54, 1.807) is 44.6 Å². The quantitative estimate of drug-likeness (QED) is 0.677. The second kappa shape index (κ2) is 10.2. The van der Waals surface area contributed by atoms with Gasteiger partial charge in [0.2, 0.25) is 0 Å². The number of halogens is 1. The molecule has 0 N–H and O–H groups in total. The molecule has 172 valence electrons. The van der Waals surface area contributed by atoms with Crippen LogP contribution in [0, 0.1) is 5.82 Å². The van der Waals surface area contributed by atoms with E-state index in [4.69, 9.17) is 14.2 Å². The molecule has 0 saturated carbocycles. The van der Waals surface area contributed by atoms with Gasteiger partial charge in [-0.15, -0.1) is 0 Å². The number of methoxy groups -OCH3 is 2. The number of carbonyl (C=O) groups excluding carboxylic acids is 1. The van der Waals surface area contributed by atoms with E-state index in [1.807, 2.05) is 11.0 Å². The first kappa shape index (κ1) is 22.4. The van der Waals surface area contributed by atoms with Crippen molar-refractivity contribution in [3.63, 3.8) is 0 Å². The second-order valence-corrected chi connectivity index (χ2v) is 8.34. The van der Waals surface area contributed by atoms with Crippen LogP contribution in [0.25, 0.3) is 0 Å². The Labute approximate surface area is 188 Å². The number of ether oxygens (including phenoxy) is 3. The van der Waals surface area contributed by atoms with Crippen molar-refractivity contribution in [1.29, 1.82) is 0 Å². The Balaban J connectivity index is 1.29. The molecule has 2 aliphatic heterocycles. The van der Waals surface area contributed by atoms with Gasteiger partial charge >= 0.3 is 0 Å². The number of amides is 1. The summed E-state index contributed by atoms with van der Waals surface area (Å²) in [7, 11) is 3.13. The van der Waals surface area contributed by atoms with Gasteiger partial charge < -0.3 is 19.1 Å². The fraction of sp³-hybridized carbons (Fsp3) is 0.480. The van der Waals surface area contributed by atoms with Gasteiger partial charge in [-0.05, 0) is 49.9 Å². The van der Waals surface area contributed by atoms with Gasteiger partial charge in [0.05, 0.1) is 14.2 Å².